The molecule has 0 aliphatic rings. The predicted molar refractivity (Wildman–Crippen MR) is 53.1 cm³/mol. The first-order valence-corrected chi connectivity index (χ1v) is 3.72. The minimum absolute atomic E-state index is 0.750. The van der Waals surface area contributed by atoms with Crippen molar-refractivity contribution in [2.45, 2.75) is 0 Å². The van der Waals surface area contributed by atoms with Gasteiger partial charge < -0.3 is 10.0 Å². The lowest BCUT2D eigenvalue weighted by molar-refractivity contribution is 0.448. The van der Waals surface area contributed by atoms with Gasteiger partial charge in [-0.2, -0.15) is 0 Å². The van der Waals surface area contributed by atoms with Crippen molar-refractivity contribution in [2.75, 3.05) is 0 Å². The maximum atomic E-state index is 7.12. The highest BCUT2D eigenvalue weighted by Gasteiger charge is 1.89. The highest BCUT2D eigenvalue weighted by Crippen LogP contribution is 2.14. The summed E-state index contributed by atoms with van der Waals surface area (Å²) in [4.78, 5) is 0. The van der Waals surface area contributed by atoms with Crippen LogP contribution in [-0.2, 0) is 0 Å². The average molecular weight is 184 g/mol. The van der Waals surface area contributed by atoms with Crippen LogP contribution >= 0.6 is 11.6 Å². The summed E-state index contributed by atoms with van der Waals surface area (Å²) in [7, 11) is -0.750. The van der Waals surface area contributed by atoms with E-state index in [4.69, 9.17) is 21.6 Å². The van der Waals surface area contributed by atoms with Crippen molar-refractivity contribution in [2.24, 2.45) is 0 Å². The van der Waals surface area contributed by atoms with E-state index in [-0.39, 0.29) is 0 Å². The van der Waals surface area contributed by atoms with Crippen LogP contribution in [0.1, 0.15) is 5.56 Å². The molecule has 12 heavy (non-hydrogen) atoms. The molecule has 0 atom stereocenters. The first kappa shape index (κ1) is 11.2. The Morgan fingerprint density at radius 2 is 1.83 bits per heavy atom. The van der Waals surface area contributed by atoms with Crippen molar-refractivity contribution >= 4 is 25.4 Å². The Balaban J connectivity index is 0.000000354. The van der Waals surface area contributed by atoms with Gasteiger partial charge in [-0.25, -0.2) is 0 Å². The molecule has 0 aliphatic carbocycles. The Bertz CT molecular complexity index is 240. The van der Waals surface area contributed by atoms with Crippen molar-refractivity contribution in [3.8, 4) is 0 Å². The number of rotatable bonds is 1. The van der Waals surface area contributed by atoms with Crippen molar-refractivity contribution < 1.29 is 10.0 Å². The second kappa shape index (κ2) is 6.92. The highest BCUT2D eigenvalue weighted by atomic mass is 35.5. The van der Waals surface area contributed by atoms with E-state index in [1.165, 1.54) is 0 Å². The molecule has 2 nitrogen and oxygen atoms in total. The second-order valence-corrected chi connectivity index (χ2v) is 2.27. The molecule has 0 aromatic heterocycles. The van der Waals surface area contributed by atoms with Gasteiger partial charge in [-0.05, 0) is 11.6 Å². The summed E-state index contributed by atoms with van der Waals surface area (Å²) in [5.41, 5.74) is 0.985. The van der Waals surface area contributed by atoms with Gasteiger partial charge in [0.25, 0.3) is 0 Å². The minimum Gasteiger partial charge on any atom is -0.430 e. The summed E-state index contributed by atoms with van der Waals surface area (Å²) in [6, 6.07) is 7.60. The van der Waals surface area contributed by atoms with Crippen LogP contribution < -0.4 is 0 Å². The molecule has 0 spiro atoms. The van der Waals surface area contributed by atoms with Gasteiger partial charge in [0.2, 0.25) is 0 Å². The van der Waals surface area contributed by atoms with Gasteiger partial charge in [0.05, 0.1) is 0 Å². The molecular weight excluding hydrogens is 174 g/mol. The van der Waals surface area contributed by atoms with Crippen LogP contribution in [0.2, 0.25) is 5.02 Å². The van der Waals surface area contributed by atoms with Crippen molar-refractivity contribution in [3.05, 3.63) is 41.4 Å². The highest BCUT2D eigenvalue weighted by molar-refractivity contribution is 6.32. The maximum Gasteiger partial charge on any atom is 0.432 e. The first-order chi connectivity index (χ1) is 5.76. The third-order valence-corrected chi connectivity index (χ3v) is 1.47. The largest absolute Gasteiger partial charge is 0.432 e. The van der Waals surface area contributed by atoms with Crippen molar-refractivity contribution in [1.82, 2.24) is 0 Å². The van der Waals surface area contributed by atoms with Gasteiger partial charge in [-0.15, -0.1) is 0 Å². The van der Waals surface area contributed by atoms with Crippen LogP contribution in [0.5, 0.6) is 0 Å². The molecule has 2 N–H and O–H groups in total. The van der Waals surface area contributed by atoms with Crippen molar-refractivity contribution in [3.63, 3.8) is 0 Å². The number of benzene rings is 1. The zero-order valence-corrected chi connectivity index (χ0v) is 7.33. The average Bonchev–Trinajstić information content (AvgIpc) is 2.07. The number of hydrogen-bond acceptors (Lipinski definition) is 2. The lowest BCUT2D eigenvalue weighted by atomic mass is 10.2. The molecule has 4 heteroatoms. The van der Waals surface area contributed by atoms with Gasteiger partial charge in [0, 0.05) is 5.02 Å². The number of halogens is 1. The summed E-state index contributed by atoms with van der Waals surface area (Å²) in [5, 5.41) is 15.0. The fourth-order valence-electron chi connectivity index (χ4n) is 0.641. The Hall–Kier alpha value is -0.765. The molecule has 0 aliphatic heterocycles. The quantitative estimate of drug-likeness (QED) is 0.644. The molecule has 0 heterocycles. The summed E-state index contributed by atoms with van der Waals surface area (Å²) >= 11 is 5.75. The molecule has 64 valence electrons. The van der Waals surface area contributed by atoms with Crippen LogP contribution in [0.3, 0.4) is 0 Å². The summed E-state index contributed by atoms with van der Waals surface area (Å²) < 4.78 is 0. The van der Waals surface area contributed by atoms with Crippen LogP contribution in [0.4, 0.5) is 0 Å². The smallest absolute Gasteiger partial charge is 0.430 e. The maximum absolute atomic E-state index is 7.12. The normalized spacial score (nSPS) is 7.92. The molecule has 0 unspecified atom stereocenters. The van der Waals surface area contributed by atoms with E-state index in [1.54, 1.807) is 6.08 Å². The Labute approximate surface area is 77.4 Å². The molecule has 1 aromatic rings. The van der Waals surface area contributed by atoms with Gasteiger partial charge in [0.1, 0.15) is 0 Å². The number of hydrogen-bond donors (Lipinski definition) is 2. The van der Waals surface area contributed by atoms with Crippen LogP contribution in [0.25, 0.3) is 6.08 Å². The minimum atomic E-state index is -0.750. The van der Waals surface area contributed by atoms with Gasteiger partial charge in [-0.1, -0.05) is 42.5 Å². The van der Waals surface area contributed by atoms with E-state index < -0.39 is 7.69 Å². The van der Waals surface area contributed by atoms with E-state index >= 15 is 0 Å². The van der Waals surface area contributed by atoms with Crippen LogP contribution in [0.15, 0.2) is 30.8 Å². The van der Waals surface area contributed by atoms with Crippen molar-refractivity contribution in [1.29, 1.82) is 0 Å². The standard InChI is InChI=1S/C8H7Cl.BH3O2/c1-2-7-5-3-4-6-8(7)9;2-1-3/h2-6H,1H2;1-3H. The SMILES string of the molecule is C=Cc1ccccc1Cl.OBO. The van der Waals surface area contributed by atoms with Gasteiger partial charge in [-0.3, -0.25) is 0 Å². The fourth-order valence-corrected chi connectivity index (χ4v) is 0.854. The Morgan fingerprint density at radius 3 is 2.17 bits per heavy atom. The predicted octanol–water partition coefficient (Wildman–Crippen LogP) is 1.22. The molecule has 1 rings (SSSR count). The molecule has 1 aromatic carbocycles. The molecular formula is C8H10BClO2. The topological polar surface area (TPSA) is 40.5 Å². The van der Waals surface area contributed by atoms with Crippen LogP contribution in [-0.4, -0.2) is 17.7 Å². The summed E-state index contributed by atoms with van der Waals surface area (Å²) in [5.74, 6) is 0. The van der Waals surface area contributed by atoms with E-state index in [2.05, 4.69) is 6.58 Å². The summed E-state index contributed by atoms with van der Waals surface area (Å²) in [6.07, 6.45) is 1.74. The fraction of sp³-hybridized carbons (Fsp3) is 0. The molecule has 0 saturated carbocycles. The second-order valence-electron chi connectivity index (χ2n) is 1.87. The third-order valence-electron chi connectivity index (χ3n) is 1.13. The molecule has 0 amide bonds. The molecule has 0 saturated heterocycles. The van der Waals surface area contributed by atoms with E-state index in [1.807, 2.05) is 24.3 Å². The van der Waals surface area contributed by atoms with E-state index in [0.29, 0.717) is 0 Å². The summed E-state index contributed by atoms with van der Waals surface area (Å²) in [6.45, 7) is 3.61. The van der Waals surface area contributed by atoms with Gasteiger partial charge in [0.15, 0.2) is 0 Å². The Morgan fingerprint density at radius 1 is 1.33 bits per heavy atom. The third kappa shape index (κ3) is 4.18. The zero-order valence-electron chi connectivity index (χ0n) is 6.57. The molecule has 0 bridgehead atoms. The zero-order chi connectivity index (χ0) is 9.40. The Kier molecular flexibility index (Phi) is 6.47. The van der Waals surface area contributed by atoms with Gasteiger partial charge >= 0.3 is 7.69 Å². The lowest BCUT2D eigenvalue weighted by Gasteiger charge is -1.92. The van der Waals surface area contributed by atoms with E-state index in [0.717, 1.165) is 10.6 Å². The molecule has 0 radical (unpaired) electrons. The van der Waals surface area contributed by atoms with Crippen LogP contribution in [0, 0.1) is 0 Å². The first-order valence-electron chi connectivity index (χ1n) is 3.35. The molecule has 0 fully saturated rings. The van der Waals surface area contributed by atoms with E-state index in [9.17, 15) is 0 Å². The monoisotopic (exact) mass is 184 g/mol. The lowest BCUT2D eigenvalue weighted by Crippen LogP contribution is -1.75.